The van der Waals surface area contributed by atoms with E-state index in [1.807, 2.05) is 17.7 Å². The van der Waals surface area contributed by atoms with Crippen LogP contribution in [0.2, 0.25) is 0 Å². The maximum atomic E-state index is 4.22. The maximum Gasteiger partial charge on any atom is 0.131 e. The summed E-state index contributed by atoms with van der Waals surface area (Å²) in [6.45, 7) is 6.34. The molecule has 0 aliphatic heterocycles. The van der Waals surface area contributed by atoms with Crippen LogP contribution in [0.25, 0.3) is 11.0 Å². The molecule has 15 heavy (non-hydrogen) atoms. The predicted molar refractivity (Wildman–Crippen MR) is 59.7 cm³/mol. The Morgan fingerprint density at radius 1 is 1.33 bits per heavy atom. The van der Waals surface area contributed by atoms with Gasteiger partial charge in [-0.15, -0.1) is 5.10 Å². The van der Waals surface area contributed by atoms with Gasteiger partial charge >= 0.3 is 0 Å². The summed E-state index contributed by atoms with van der Waals surface area (Å²) in [5, 5.41) is 8.33. The average Bonchev–Trinajstić information content (AvgIpc) is 2.64. The highest BCUT2D eigenvalue weighted by atomic mass is 15.4. The van der Waals surface area contributed by atoms with Gasteiger partial charge in [0.15, 0.2) is 0 Å². The van der Waals surface area contributed by atoms with E-state index in [0.29, 0.717) is 6.04 Å². The Labute approximate surface area is 89.3 Å². The third kappa shape index (κ3) is 1.71. The molecule has 0 radical (unpaired) electrons. The van der Waals surface area contributed by atoms with Crippen LogP contribution in [0.5, 0.6) is 0 Å². The predicted octanol–water partition coefficient (Wildman–Crippen LogP) is 2.50. The summed E-state index contributed by atoms with van der Waals surface area (Å²) in [4.78, 5) is 4.22. The molecule has 0 saturated heterocycles. The highest BCUT2D eigenvalue weighted by Crippen LogP contribution is 2.20. The lowest BCUT2D eigenvalue weighted by Gasteiger charge is -2.12. The molecule has 2 rings (SSSR count). The lowest BCUT2D eigenvalue weighted by atomic mass is 10.2. The number of nitrogens with zero attached hydrogens (tertiary/aromatic N) is 4. The van der Waals surface area contributed by atoms with E-state index in [9.17, 15) is 0 Å². The van der Waals surface area contributed by atoms with Crippen molar-refractivity contribution in [2.75, 3.05) is 0 Å². The van der Waals surface area contributed by atoms with E-state index in [1.54, 1.807) is 6.20 Å². The van der Waals surface area contributed by atoms with Crippen LogP contribution in [-0.4, -0.2) is 20.0 Å². The molecule has 0 bridgehead atoms. The molecule has 2 heterocycles. The Morgan fingerprint density at radius 3 is 2.73 bits per heavy atom. The summed E-state index contributed by atoms with van der Waals surface area (Å²) in [5.74, 6) is 0. The Morgan fingerprint density at radius 2 is 2.07 bits per heavy atom. The molecule has 0 aliphatic rings. The van der Waals surface area contributed by atoms with Crippen molar-refractivity contribution in [1.82, 2.24) is 20.0 Å². The number of aromatic nitrogens is 4. The summed E-state index contributed by atoms with van der Waals surface area (Å²) in [5.41, 5.74) is 2.99. The first-order valence-electron chi connectivity index (χ1n) is 5.43. The van der Waals surface area contributed by atoms with Crippen molar-refractivity contribution in [3.8, 4) is 0 Å². The van der Waals surface area contributed by atoms with Gasteiger partial charge in [0.2, 0.25) is 0 Å². The second kappa shape index (κ2) is 3.96. The third-order valence-corrected chi connectivity index (χ3v) is 2.78. The van der Waals surface area contributed by atoms with Gasteiger partial charge < -0.3 is 0 Å². The molecule has 4 heteroatoms. The summed E-state index contributed by atoms with van der Waals surface area (Å²) < 4.78 is 2.02. The fraction of sp³-hybridized carbons (Fsp3) is 0.545. The van der Waals surface area contributed by atoms with Gasteiger partial charge in [0.25, 0.3) is 0 Å². The Balaban J connectivity index is 2.55. The number of aryl methyl sites for hydroxylation is 1. The second-order valence-electron chi connectivity index (χ2n) is 3.82. The highest BCUT2D eigenvalue weighted by molar-refractivity contribution is 5.73. The standard InChI is InChI=1S/C11H16N4/c1-4-9(5-2)15-11-6-8(3)12-7-10(11)13-14-15/h6-7,9H,4-5H2,1-3H3. The quantitative estimate of drug-likeness (QED) is 0.771. The fourth-order valence-electron chi connectivity index (χ4n) is 1.85. The molecule has 80 valence electrons. The Hall–Kier alpha value is -1.45. The molecular formula is C11H16N4. The molecule has 0 N–H and O–H groups in total. The molecule has 2 aromatic rings. The number of hydrogen-bond acceptors (Lipinski definition) is 3. The van der Waals surface area contributed by atoms with Gasteiger partial charge in [-0.25, -0.2) is 4.68 Å². The van der Waals surface area contributed by atoms with E-state index in [0.717, 1.165) is 29.6 Å². The second-order valence-corrected chi connectivity index (χ2v) is 3.82. The highest BCUT2D eigenvalue weighted by Gasteiger charge is 2.12. The molecule has 0 fully saturated rings. The van der Waals surface area contributed by atoms with Crippen LogP contribution in [0, 0.1) is 6.92 Å². The molecule has 0 unspecified atom stereocenters. The van der Waals surface area contributed by atoms with Gasteiger partial charge in [-0.3, -0.25) is 4.98 Å². The number of rotatable bonds is 3. The number of hydrogen-bond donors (Lipinski definition) is 0. The van der Waals surface area contributed by atoms with Crippen LogP contribution in [0.4, 0.5) is 0 Å². The van der Waals surface area contributed by atoms with Crippen molar-refractivity contribution < 1.29 is 0 Å². The van der Waals surface area contributed by atoms with E-state index < -0.39 is 0 Å². The fourth-order valence-corrected chi connectivity index (χ4v) is 1.85. The summed E-state index contributed by atoms with van der Waals surface area (Å²) in [7, 11) is 0. The lowest BCUT2D eigenvalue weighted by Crippen LogP contribution is -2.08. The summed E-state index contributed by atoms with van der Waals surface area (Å²) in [6.07, 6.45) is 3.95. The van der Waals surface area contributed by atoms with Crippen molar-refractivity contribution in [2.45, 2.75) is 39.7 Å². The minimum absolute atomic E-state index is 0.441. The first-order chi connectivity index (χ1) is 7.26. The smallest absolute Gasteiger partial charge is 0.131 e. The summed E-state index contributed by atoms with van der Waals surface area (Å²) in [6, 6.07) is 2.49. The van der Waals surface area contributed by atoms with E-state index in [2.05, 4.69) is 29.1 Å². The van der Waals surface area contributed by atoms with E-state index in [1.165, 1.54) is 0 Å². The van der Waals surface area contributed by atoms with Crippen molar-refractivity contribution in [3.63, 3.8) is 0 Å². The van der Waals surface area contributed by atoms with Gasteiger partial charge in [-0.05, 0) is 25.8 Å². The Kier molecular flexibility index (Phi) is 2.66. The van der Waals surface area contributed by atoms with Crippen molar-refractivity contribution in [3.05, 3.63) is 18.0 Å². The SMILES string of the molecule is CCC(CC)n1nnc2cnc(C)cc21. The topological polar surface area (TPSA) is 43.6 Å². The summed E-state index contributed by atoms with van der Waals surface area (Å²) >= 11 is 0. The van der Waals surface area contributed by atoms with E-state index in [-0.39, 0.29) is 0 Å². The molecular weight excluding hydrogens is 188 g/mol. The number of pyridine rings is 1. The molecule has 0 spiro atoms. The molecule has 0 atom stereocenters. The van der Waals surface area contributed by atoms with Gasteiger partial charge in [-0.2, -0.15) is 0 Å². The van der Waals surface area contributed by atoms with Crippen molar-refractivity contribution >= 4 is 11.0 Å². The van der Waals surface area contributed by atoms with E-state index >= 15 is 0 Å². The monoisotopic (exact) mass is 204 g/mol. The van der Waals surface area contributed by atoms with Crippen LogP contribution in [0.15, 0.2) is 12.3 Å². The lowest BCUT2D eigenvalue weighted by molar-refractivity contribution is 0.430. The minimum atomic E-state index is 0.441. The number of fused-ring (bicyclic) bond motifs is 1. The zero-order valence-electron chi connectivity index (χ0n) is 9.44. The zero-order chi connectivity index (χ0) is 10.8. The minimum Gasteiger partial charge on any atom is -0.259 e. The third-order valence-electron chi connectivity index (χ3n) is 2.78. The van der Waals surface area contributed by atoms with Crippen molar-refractivity contribution in [2.24, 2.45) is 0 Å². The Bertz CT molecular complexity index is 457. The molecule has 2 aromatic heterocycles. The van der Waals surface area contributed by atoms with E-state index in [4.69, 9.17) is 0 Å². The van der Waals surface area contributed by atoms with Gasteiger partial charge in [0, 0.05) is 5.69 Å². The van der Waals surface area contributed by atoms with Crippen LogP contribution >= 0.6 is 0 Å². The van der Waals surface area contributed by atoms with Crippen molar-refractivity contribution in [1.29, 1.82) is 0 Å². The molecule has 0 saturated carbocycles. The van der Waals surface area contributed by atoms with Crippen LogP contribution < -0.4 is 0 Å². The average molecular weight is 204 g/mol. The van der Waals surface area contributed by atoms with Crippen LogP contribution in [-0.2, 0) is 0 Å². The molecule has 4 nitrogen and oxygen atoms in total. The van der Waals surface area contributed by atoms with Gasteiger partial charge in [0.05, 0.1) is 17.8 Å². The van der Waals surface area contributed by atoms with Crippen LogP contribution in [0.1, 0.15) is 38.4 Å². The first kappa shape index (κ1) is 10.1. The van der Waals surface area contributed by atoms with Gasteiger partial charge in [-0.1, -0.05) is 19.1 Å². The van der Waals surface area contributed by atoms with Crippen LogP contribution in [0.3, 0.4) is 0 Å². The molecule has 0 amide bonds. The zero-order valence-corrected chi connectivity index (χ0v) is 9.44. The van der Waals surface area contributed by atoms with Gasteiger partial charge in [0.1, 0.15) is 5.52 Å². The molecule has 0 aliphatic carbocycles. The maximum absolute atomic E-state index is 4.22. The first-order valence-corrected chi connectivity index (χ1v) is 5.43. The normalized spacial score (nSPS) is 11.5. The largest absolute Gasteiger partial charge is 0.259 e. The molecule has 0 aromatic carbocycles.